The first kappa shape index (κ1) is 14.5. The van der Waals surface area contributed by atoms with Crippen LogP contribution in [0.2, 0.25) is 0 Å². The van der Waals surface area contributed by atoms with Gasteiger partial charge in [-0.25, -0.2) is 4.39 Å². The minimum atomic E-state index is -4.60. The van der Waals surface area contributed by atoms with Crippen LogP contribution in [0.15, 0.2) is 42.5 Å². The van der Waals surface area contributed by atoms with E-state index in [2.05, 4.69) is 0 Å². The van der Waals surface area contributed by atoms with E-state index in [0.29, 0.717) is 0 Å². The van der Waals surface area contributed by atoms with E-state index in [-0.39, 0.29) is 16.7 Å². The van der Waals surface area contributed by atoms with Crippen molar-refractivity contribution in [1.29, 1.82) is 0 Å². The van der Waals surface area contributed by atoms with Crippen molar-refractivity contribution < 1.29 is 22.7 Å². The molecule has 106 valence electrons. The fraction of sp³-hybridized carbons (Fsp3) is 0.200. The Labute approximate surface area is 113 Å². The summed E-state index contributed by atoms with van der Waals surface area (Å²) < 4.78 is 52.6. The lowest BCUT2D eigenvalue weighted by Gasteiger charge is -2.18. The van der Waals surface area contributed by atoms with Crippen LogP contribution < -0.4 is 0 Å². The molecule has 1 atom stereocenters. The summed E-state index contributed by atoms with van der Waals surface area (Å²) in [6, 6.07) is 8.88. The van der Waals surface area contributed by atoms with Crippen LogP contribution in [0.1, 0.15) is 28.4 Å². The highest BCUT2D eigenvalue weighted by Crippen LogP contribution is 2.37. The van der Waals surface area contributed by atoms with Crippen LogP contribution in [0.3, 0.4) is 0 Å². The second-order valence-electron chi connectivity index (χ2n) is 4.47. The Hall–Kier alpha value is -1.88. The van der Waals surface area contributed by atoms with Crippen molar-refractivity contribution in [3.05, 3.63) is 70.5 Å². The quantitative estimate of drug-likeness (QED) is 0.818. The third-order valence-corrected chi connectivity index (χ3v) is 3.08. The molecule has 1 N–H and O–H groups in total. The van der Waals surface area contributed by atoms with Crippen molar-refractivity contribution in [2.24, 2.45) is 0 Å². The maximum Gasteiger partial charge on any atom is 0.416 e. The molecule has 5 heteroatoms. The molecule has 0 spiro atoms. The Kier molecular flexibility index (Phi) is 3.81. The van der Waals surface area contributed by atoms with Crippen molar-refractivity contribution in [3.8, 4) is 0 Å². The van der Waals surface area contributed by atoms with Gasteiger partial charge in [-0.05, 0) is 24.1 Å². The molecule has 0 saturated heterocycles. The lowest BCUT2D eigenvalue weighted by Crippen LogP contribution is -2.13. The summed E-state index contributed by atoms with van der Waals surface area (Å²) in [5.41, 5.74) is -1.22. The highest BCUT2D eigenvalue weighted by molar-refractivity contribution is 5.39. The largest absolute Gasteiger partial charge is 0.416 e. The molecule has 0 aliphatic rings. The zero-order valence-electron chi connectivity index (χ0n) is 10.6. The first-order chi connectivity index (χ1) is 9.32. The zero-order valence-corrected chi connectivity index (χ0v) is 10.6. The van der Waals surface area contributed by atoms with Gasteiger partial charge in [0.1, 0.15) is 11.9 Å². The van der Waals surface area contributed by atoms with Gasteiger partial charge in [0.25, 0.3) is 0 Å². The van der Waals surface area contributed by atoms with Gasteiger partial charge in [-0.3, -0.25) is 0 Å². The first-order valence-electron chi connectivity index (χ1n) is 5.91. The average Bonchev–Trinajstić information content (AvgIpc) is 2.40. The van der Waals surface area contributed by atoms with Gasteiger partial charge in [0.15, 0.2) is 0 Å². The minimum Gasteiger partial charge on any atom is -0.384 e. The van der Waals surface area contributed by atoms with E-state index in [1.165, 1.54) is 37.3 Å². The lowest BCUT2D eigenvalue weighted by molar-refractivity contribution is -0.139. The van der Waals surface area contributed by atoms with Gasteiger partial charge < -0.3 is 5.11 Å². The Morgan fingerprint density at radius 3 is 2.20 bits per heavy atom. The Bertz CT molecular complexity index is 620. The molecule has 0 fully saturated rings. The minimum absolute atomic E-state index is 0.165. The molecule has 2 aromatic carbocycles. The summed E-state index contributed by atoms with van der Waals surface area (Å²) in [6.45, 7) is 1.49. The molecule has 2 aromatic rings. The molecule has 0 saturated carbocycles. The van der Waals surface area contributed by atoms with Crippen molar-refractivity contribution in [2.45, 2.75) is 19.2 Å². The number of halogens is 4. The van der Waals surface area contributed by atoms with Crippen LogP contribution in [-0.2, 0) is 6.18 Å². The Balaban J connectivity index is 2.55. The van der Waals surface area contributed by atoms with Gasteiger partial charge in [-0.2, -0.15) is 13.2 Å². The van der Waals surface area contributed by atoms with Gasteiger partial charge in [-0.1, -0.05) is 36.4 Å². The summed E-state index contributed by atoms with van der Waals surface area (Å²) in [5.74, 6) is -0.697. The second-order valence-corrected chi connectivity index (χ2v) is 4.47. The molecule has 0 aromatic heterocycles. The smallest absolute Gasteiger partial charge is 0.384 e. The first-order valence-corrected chi connectivity index (χ1v) is 5.91. The maximum atomic E-state index is 13.9. The van der Waals surface area contributed by atoms with E-state index in [1.807, 2.05) is 0 Å². The Morgan fingerprint density at radius 1 is 0.950 bits per heavy atom. The van der Waals surface area contributed by atoms with Crippen molar-refractivity contribution in [3.63, 3.8) is 0 Å². The molecule has 0 aliphatic heterocycles. The number of aliphatic hydroxyl groups is 1. The Morgan fingerprint density at radius 2 is 1.55 bits per heavy atom. The van der Waals surface area contributed by atoms with Gasteiger partial charge in [0, 0.05) is 5.56 Å². The van der Waals surface area contributed by atoms with E-state index < -0.39 is 23.7 Å². The molecule has 0 bridgehead atoms. The molecule has 0 aliphatic carbocycles. The van der Waals surface area contributed by atoms with E-state index >= 15 is 0 Å². The maximum absolute atomic E-state index is 13.9. The fourth-order valence-corrected chi connectivity index (χ4v) is 2.04. The second kappa shape index (κ2) is 5.25. The van der Waals surface area contributed by atoms with Crippen LogP contribution >= 0.6 is 0 Å². The number of hydrogen-bond donors (Lipinski definition) is 1. The molecular formula is C15H12F4O. The predicted molar refractivity (Wildman–Crippen MR) is 66.6 cm³/mol. The third-order valence-electron chi connectivity index (χ3n) is 3.08. The zero-order chi connectivity index (χ0) is 14.9. The molecule has 0 heterocycles. The van der Waals surface area contributed by atoms with Crippen molar-refractivity contribution in [2.75, 3.05) is 0 Å². The monoisotopic (exact) mass is 284 g/mol. The van der Waals surface area contributed by atoms with Crippen LogP contribution in [0.5, 0.6) is 0 Å². The van der Waals surface area contributed by atoms with E-state index in [9.17, 15) is 22.7 Å². The van der Waals surface area contributed by atoms with Gasteiger partial charge in [0.2, 0.25) is 0 Å². The van der Waals surface area contributed by atoms with Crippen LogP contribution in [0, 0.1) is 12.7 Å². The highest BCUT2D eigenvalue weighted by Gasteiger charge is 2.35. The highest BCUT2D eigenvalue weighted by atomic mass is 19.4. The van der Waals surface area contributed by atoms with Crippen LogP contribution in [0.25, 0.3) is 0 Å². The summed E-state index contributed by atoms with van der Waals surface area (Å²) >= 11 is 0. The molecule has 2 rings (SSSR count). The molecule has 1 unspecified atom stereocenters. The summed E-state index contributed by atoms with van der Waals surface area (Å²) in [7, 11) is 0. The standard InChI is InChI=1S/C15H12F4O/c1-9-5-4-7-11(13(9)16)14(20)10-6-2-3-8-12(10)15(17,18)19/h2-8,14,20H,1H3. The van der Waals surface area contributed by atoms with E-state index in [0.717, 1.165) is 12.1 Å². The SMILES string of the molecule is Cc1cccc(C(O)c2ccccc2C(F)(F)F)c1F. The van der Waals surface area contributed by atoms with E-state index in [1.54, 1.807) is 0 Å². The number of alkyl halides is 3. The average molecular weight is 284 g/mol. The van der Waals surface area contributed by atoms with Gasteiger partial charge in [-0.15, -0.1) is 0 Å². The number of aliphatic hydroxyl groups excluding tert-OH is 1. The number of benzene rings is 2. The molecule has 0 radical (unpaired) electrons. The lowest BCUT2D eigenvalue weighted by atomic mass is 9.95. The van der Waals surface area contributed by atoms with E-state index in [4.69, 9.17) is 0 Å². The predicted octanol–water partition coefficient (Wildman–Crippen LogP) is 4.23. The number of hydrogen-bond acceptors (Lipinski definition) is 1. The molecule has 1 nitrogen and oxygen atoms in total. The van der Waals surface area contributed by atoms with Crippen LogP contribution in [0.4, 0.5) is 17.6 Å². The van der Waals surface area contributed by atoms with Crippen LogP contribution in [-0.4, -0.2) is 5.11 Å². The molecular weight excluding hydrogens is 272 g/mol. The molecule has 0 amide bonds. The molecule has 20 heavy (non-hydrogen) atoms. The fourth-order valence-electron chi connectivity index (χ4n) is 2.04. The number of rotatable bonds is 2. The summed E-state index contributed by atoms with van der Waals surface area (Å²) in [6.07, 6.45) is -6.26. The normalized spacial score (nSPS) is 13.3. The third kappa shape index (κ3) is 2.67. The topological polar surface area (TPSA) is 20.2 Å². The number of aryl methyl sites for hydroxylation is 1. The van der Waals surface area contributed by atoms with Gasteiger partial charge in [0.05, 0.1) is 5.56 Å². The van der Waals surface area contributed by atoms with Crippen molar-refractivity contribution >= 4 is 0 Å². The summed E-state index contributed by atoms with van der Waals surface area (Å²) in [4.78, 5) is 0. The van der Waals surface area contributed by atoms with Gasteiger partial charge >= 0.3 is 6.18 Å². The summed E-state index contributed by atoms with van der Waals surface area (Å²) in [5, 5.41) is 10.1. The van der Waals surface area contributed by atoms with Crippen molar-refractivity contribution in [1.82, 2.24) is 0 Å².